The van der Waals surface area contributed by atoms with Gasteiger partial charge in [0.1, 0.15) is 11.4 Å². The van der Waals surface area contributed by atoms with Crippen LogP contribution in [0.4, 0.5) is 30.8 Å². The molecule has 13 heteroatoms. The molecule has 2 aliphatic rings. The molecule has 1 saturated heterocycles. The normalized spacial score (nSPS) is 18.9. The van der Waals surface area contributed by atoms with Crippen molar-refractivity contribution >= 4 is 23.6 Å². The lowest BCUT2D eigenvalue weighted by Crippen LogP contribution is -2.21. The van der Waals surface area contributed by atoms with Crippen molar-refractivity contribution in [2.45, 2.75) is 37.9 Å². The molecule has 0 spiro atoms. The molecule has 0 unspecified atom stereocenters. The van der Waals surface area contributed by atoms with E-state index in [1.807, 2.05) is 0 Å². The van der Waals surface area contributed by atoms with Crippen molar-refractivity contribution in [3.05, 3.63) is 17.5 Å². The fourth-order valence-corrected chi connectivity index (χ4v) is 3.49. The van der Waals surface area contributed by atoms with Crippen molar-refractivity contribution in [1.82, 2.24) is 19.7 Å². The average molecular weight is 456 g/mol. The van der Waals surface area contributed by atoms with E-state index >= 15 is 0 Å². The molecule has 1 aliphatic carbocycles. The van der Waals surface area contributed by atoms with Crippen LogP contribution in [0.15, 0.2) is 6.20 Å². The maximum atomic E-state index is 13.0. The van der Waals surface area contributed by atoms with Gasteiger partial charge in [0.2, 0.25) is 11.6 Å². The number of hydrogen-bond acceptors (Lipinski definition) is 9. The van der Waals surface area contributed by atoms with Crippen molar-refractivity contribution in [3.63, 3.8) is 0 Å². The van der Waals surface area contributed by atoms with E-state index in [1.54, 1.807) is 4.68 Å². The lowest BCUT2D eigenvalue weighted by Gasteiger charge is -2.27. The van der Waals surface area contributed by atoms with E-state index in [2.05, 4.69) is 20.4 Å². The van der Waals surface area contributed by atoms with Gasteiger partial charge in [-0.25, -0.2) is 14.5 Å². The third-order valence-electron chi connectivity index (χ3n) is 5.51. The molecule has 0 bridgehead atoms. The largest absolute Gasteiger partial charge is 0.487 e. The second-order valence-electron chi connectivity index (χ2n) is 7.70. The van der Waals surface area contributed by atoms with Gasteiger partial charge < -0.3 is 25.3 Å². The maximum Gasteiger partial charge on any atom is 0.421 e. The number of aromatic nitrogens is 4. The number of nitrogens with one attached hydrogen (secondary N) is 1. The summed E-state index contributed by atoms with van der Waals surface area (Å²) in [6.45, 7) is 1.43. The third-order valence-corrected chi connectivity index (χ3v) is 5.51. The minimum Gasteiger partial charge on any atom is -0.487 e. The molecule has 32 heavy (non-hydrogen) atoms. The van der Waals surface area contributed by atoms with Crippen LogP contribution in [0.1, 0.15) is 47.8 Å². The summed E-state index contributed by atoms with van der Waals surface area (Å²) in [6.07, 6.45) is -0.632. The first-order chi connectivity index (χ1) is 15.3. The summed E-state index contributed by atoms with van der Waals surface area (Å²) >= 11 is 0. The lowest BCUT2D eigenvalue weighted by atomic mass is 9.93. The van der Waals surface area contributed by atoms with E-state index in [0.717, 1.165) is 25.7 Å². The number of alkyl halides is 3. The van der Waals surface area contributed by atoms with Gasteiger partial charge in [0, 0.05) is 18.7 Å². The number of halogens is 3. The van der Waals surface area contributed by atoms with Crippen LogP contribution in [0.5, 0.6) is 5.75 Å². The zero-order valence-electron chi connectivity index (χ0n) is 17.3. The van der Waals surface area contributed by atoms with Crippen LogP contribution in [0, 0.1) is 5.92 Å². The molecule has 174 valence electrons. The van der Waals surface area contributed by atoms with Crippen LogP contribution in [0.3, 0.4) is 0 Å². The highest BCUT2D eigenvalue weighted by molar-refractivity contribution is 5.92. The number of esters is 1. The first kappa shape index (κ1) is 22.1. The molecule has 1 atom stereocenters. The number of ether oxygens (including phenoxy) is 3. The fourth-order valence-electron chi connectivity index (χ4n) is 3.49. The molecule has 4 rings (SSSR count). The summed E-state index contributed by atoms with van der Waals surface area (Å²) < 4.78 is 56.7. The number of nitrogens with two attached hydrogens (primary N) is 1. The molecule has 10 nitrogen and oxygen atoms in total. The number of hydrogen-bond donors (Lipinski definition) is 2. The molecule has 0 radical (unpaired) electrons. The SMILES string of the molecule is COC(=O)c1nn(C2CCC2)c(Nc2ncc(C(F)(F)F)c(N)n2)c1OC[C@H]1CCOC1. The minimum absolute atomic E-state index is 0.0140. The van der Waals surface area contributed by atoms with Crippen molar-refractivity contribution in [2.24, 2.45) is 5.92 Å². The van der Waals surface area contributed by atoms with Crippen LogP contribution >= 0.6 is 0 Å². The fraction of sp³-hybridized carbons (Fsp3) is 0.579. The summed E-state index contributed by atoms with van der Waals surface area (Å²) in [5, 5.41) is 7.23. The van der Waals surface area contributed by atoms with E-state index < -0.39 is 23.5 Å². The Morgan fingerprint density at radius 3 is 2.72 bits per heavy atom. The summed E-state index contributed by atoms with van der Waals surface area (Å²) in [6, 6.07) is -0.0140. The van der Waals surface area contributed by atoms with Crippen LogP contribution in [0.25, 0.3) is 0 Å². The number of methoxy groups -OCH3 is 1. The molecule has 0 amide bonds. The topological polar surface area (TPSA) is 126 Å². The molecule has 0 aromatic carbocycles. The Hall–Kier alpha value is -3.09. The van der Waals surface area contributed by atoms with Gasteiger partial charge in [-0.2, -0.15) is 23.3 Å². The number of carbonyl (C=O) groups is 1. The molecule has 1 aliphatic heterocycles. The lowest BCUT2D eigenvalue weighted by molar-refractivity contribution is -0.137. The molecular formula is C19H23F3N6O4. The second-order valence-corrected chi connectivity index (χ2v) is 7.70. The maximum absolute atomic E-state index is 13.0. The molecule has 2 aromatic rings. The van der Waals surface area contributed by atoms with Gasteiger partial charge in [0.25, 0.3) is 0 Å². The smallest absolute Gasteiger partial charge is 0.421 e. The highest BCUT2D eigenvalue weighted by atomic mass is 19.4. The molecule has 1 saturated carbocycles. The zero-order valence-corrected chi connectivity index (χ0v) is 17.3. The van der Waals surface area contributed by atoms with Gasteiger partial charge in [-0.1, -0.05) is 0 Å². The van der Waals surface area contributed by atoms with E-state index in [4.69, 9.17) is 19.9 Å². The quantitative estimate of drug-likeness (QED) is 0.605. The summed E-state index contributed by atoms with van der Waals surface area (Å²) in [5.41, 5.74) is 4.32. The van der Waals surface area contributed by atoms with E-state index in [9.17, 15) is 18.0 Å². The Kier molecular flexibility index (Phi) is 6.09. The van der Waals surface area contributed by atoms with Gasteiger partial charge in [0.05, 0.1) is 26.4 Å². The van der Waals surface area contributed by atoms with Gasteiger partial charge in [-0.3, -0.25) is 0 Å². The Morgan fingerprint density at radius 1 is 1.38 bits per heavy atom. The standard InChI is InChI=1S/C19H23F3N6O4/c1-30-17(29)13-14(32-9-10-5-6-31-8-10)16(28(27-13)11-3-2-4-11)26-18-24-7-12(15(23)25-18)19(20,21)22/h7,10-11H,2-6,8-9H2,1H3,(H3,23,24,25,26)/t10-/m0/s1. The molecule has 2 fully saturated rings. The summed E-state index contributed by atoms with van der Waals surface area (Å²) in [7, 11) is 1.23. The van der Waals surface area contributed by atoms with Crippen LogP contribution < -0.4 is 15.8 Å². The molecule has 3 N–H and O–H groups in total. The van der Waals surface area contributed by atoms with Crippen molar-refractivity contribution in [1.29, 1.82) is 0 Å². The van der Waals surface area contributed by atoms with Gasteiger partial charge >= 0.3 is 12.1 Å². The minimum atomic E-state index is -4.67. The number of rotatable bonds is 7. The monoisotopic (exact) mass is 456 g/mol. The Morgan fingerprint density at radius 2 is 2.16 bits per heavy atom. The molecule has 2 aromatic heterocycles. The van der Waals surface area contributed by atoms with E-state index in [1.165, 1.54) is 7.11 Å². The van der Waals surface area contributed by atoms with Gasteiger partial charge in [0.15, 0.2) is 11.6 Å². The second kappa shape index (κ2) is 8.81. The van der Waals surface area contributed by atoms with E-state index in [0.29, 0.717) is 19.4 Å². The highest BCUT2D eigenvalue weighted by Gasteiger charge is 2.35. The Bertz CT molecular complexity index is 986. The van der Waals surface area contributed by atoms with Crippen LogP contribution in [-0.4, -0.2) is 52.6 Å². The van der Waals surface area contributed by atoms with Crippen molar-refractivity contribution in [2.75, 3.05) is 38.0 Å². The number of carbonyl (C=O) groups excluding carboxylic acids is 1. The van der Waals surface area contributed by atoms with E-state index in [-0.39, 0.29) is 41.8 Å². The average Bonchev–Trinajstić information content (AvgIpc) is 3.32. The molecular weight excluding hydrogens is 433 g/mol. The third kappa shape index (κ3) is 4.42. The highest BCUT2D eigenvalue weighted by Crippen LogP contribution is 2.41. The summed E-state index contributed by atoms with van der Waals surface area (Å²) in [5.74, 6) is -1.08. The predicted octanol–water partition coefficient (Wildman–Crippen LogP) is 2.94. The first-order valence-electron chi connectivity index (χ1n) is 10.2. The summed E-state index contributed by atoms with van der Waals surface area (Å²) in [4.78, 5) is 19.9. The van der Waals surface area contributed by atoms with Gasteiger partial charge in [-0.05, 0) is 25.7 Å². The van der Waals surface area contributed by atoms with Crippen LogP contribution in [0.2, 0.25) is 0 Å². The van der Waals surface area contributed by atoms with Crippen molar-refractivity contribution < 1.29 is 32.2 Å². The van der Waals surface area contributed by atoms with Crippen molar-refractivity contribution in [3.8, 4) is 5.75 Å². The van der Waals surface area contributed by atoms with Crippen LogP contribution in [-0.2, 0) is 15.7 Å². The number of nitrogen functional groups attached to an aromatic ring is 1. The first-order valence-corrected chi connectivity index (χ1v) is 10.2. The Labute approximate surface area is 181 Å². The van der Waals surface area contributed by atoms with Gasteiger partial charge in [-0.15, -0.1) is 0 Å². The predicted molar refractivity (Wildman–Crippen MR) is 106 cm³/mol. The number of nitrogens with zero attached hydrogens (tertiary/aromatic N) is 4. The zero-order chi connectivity index (χ0) is 22.9. The number of anilines is 3. The Balaban J connectivity index is 1.70. The molecule has 3 heterocycles.